The summed E-state index contributed by atoms with van der Waals surface area (Å²) < 4.78 is 37.2. The number of rotatable bonds is 4. The van der Waals surface area contributed by atoms with E-state index in [0.29, 0.717) is 18.0 Å². The molecular formula is C12H17F3N2O4. The highest BCUT2D eigenvalue weighted by Gasteiger charge is 2.37. The molecule has 6 nitrogen and oxygen atoms in total. The van der Waals surface area contributed by atoms with Gasteiger partial charge in [0, 0.05) is 25.9 Å². The lowest BCUT2D eigenvalue weighted by atomic mass is 9.95. The first-order chi connectivity index (χ1) is 9.60. The smallest absolute Gasteiger partial charge is 0.406 e. The van der Waals surface area contributed by atoms with Gasteiger partial charge in [-0.3, -0.25) is 14.4 Å². The van der Waals surface area contributed by atoms with Gasteiger partial charge < -0.3 is 14.9 Å². The van der Waals surface area contributed by atoms with Crippen molar-refractivity contribution in [2.24, 2.45) is 5.92 Å². The number of carboxylic acids is 1. The number of carbonyl (C=O) groups is 3. The summed E-state index contributed by atoms with van der Waals surface area (Å²) in [5, 5.41) is 8.63. The second-order valence-corrected chi connectivity index (χ2v) is 4.98. The zero-order chi connectivity index (χ0) is 16.2. The van der Waals surface area contributed by atoms with Crippen molar-refractivity contribution in [3.63, 3.8) is 0 Å². The molecule has 0 spiro atoms. The molecule has 0 atom stereocenters. The van der Waals surface area contributed by atoms with Gasteiger partial charge in [-0.1, -0.05) is 0 Å². The quantitative estimate of drug-likeness (QED) is 0.830. The predicted octanol–water partition coefficient (Wildman–Crippen LogP) is 0.720. The third-order valence-electron chi connectivity index (χ3n) is 3.30. The Morgan fingerprint density at radius 3 is 2.14 bits per heavy atom. The molecule has 0 aliphatic carbocycles. The Labute approximate surface area is 119 Å². The second-order valence-electron chi connectivity index (χ2n) is 4.98. The molecule has 0 aromatic heterocycles. The maximum atomic E-state index is 12.4. The van der Waals surface area contributed by atoms with Gasteiger partial charge in [0.05, 0.1) is 0 Å². The molecule has 0 unspecified atom stereocenters. The van der Waals surface area contributed by atoms with Gasteiger partial charge in [0.25, 0.3) is 0 Å². The van der Waals surface area contributed by atoms with Gasteiger partial charge in [0.15, 0.2) is 0 Å². The second kappa shape index (κ2) is 6.77. The van der Waals surface area contributed by atoms with E-state index < -0.39 is 37.1 Å². The Morgan fingerprint density at radius 1 is 1.24 bits per heavy atom. The summed E-state index contributed by atoms with van der Waals surface area (Å²) in [7, 11) is 0. The Hall–Kier alpha value is -1.80. The summed E-state index contributed by atoms with van der Waals surface area (Å²) in [6.45, 7) is -0.601. The maximum absolute atomic E-state index is 12.4. The molecule has 0 saturated carbocycles. The van der Waals surface area contributed by atoms with Crippen LogP contribution < -0.4 is 0 Å². The summed E-state index contributed by atoms with van der Waals surface area (Å²) in [5.41, 5.74) is 0. The van der Waals surface area contributed by atoms with E-state index in [2.05, 4.69) is 0 Å². The molecular weight excluding hydrogens is 293 g/mol. The van der Waals surface area contributed by atoms with Gasteiger partial charge in [-0.25, -0.2) is 0 Å². The zero-order valence-electron chi connectivity index (χ0n) is 11.5. The van der Waals surface area contributed by atoms with Crippen LogP contribution in [0.3, 0.4) is 0 Å². The van der Waals surface area contributed by atoms with Crippen molar-refractivity contribution in [1.82, 2.24) is 9.80 Å². The lowest BCUT2D eigenvalue weighted by molar-refractivity contribution is -0.168. The summed E-state index contributed by atoms with van der Waals surface area (Å²) >= 11 is 0. The molecule has 0 aromatic carbocycles. The number of carboxylic acid groups (broad SMARTS) is 1. The predicted molar refractivity (Wildman–Crippen MR) is 65.2 cm³/mol. The molecule has 1 saturated heterocycles. The van der Waals surface area contributed by atoms with Crippen molar-refractivity contribution >= 4 is 17.8 Å². The number of alkyl halides is 3. The van der Waals surface area contributed by atoms with Crippen LogP contribution in [0.25, 0.3) is 0 Å². The van der Waals surface area contributed by atoms with Crippen LogP contribution in [0.4, 0.5) is 13.2 Å². The van der Waals surface area contributed by atoms with Gasteiger partial charge in [-0.2, -0.15) is 13.2 Å². The van der Waals surface area contributed by atoms with Crippen LogP contribution in [0.1, 0.15) is 19.8 Å². The summed E-state index contributed by atoms with van der Waals surface area (Å²) in [4.78, 5) is 35.6. The van der Waals surface area contributed by atoms with E-state index in [1.165, 1.54) is 11.8 Å². The first kappa shape index (κ1) is 17.3. The number of nitrogens with zero attached hydrogens (tertiary/aromatic N) is 2. The first-order valence-corrected chi connectivity index (χ1v) is 6.43. The molecule has 1 N–H and O–H groups in total. The van der Waals surface area contributed by atoms with Gasteiger partial charge in [-0.05, 0) is 12.8 Å². The Kier molecular flexibility index (Phi) is 5.56. The van der Waals surface area contributed by atoms with Crippen LogP contribution in [0.15, 0.2) is 0 Å². The molecule has 1 rings (SSSR count). The number of halogens is 3. The zero-order valence-corrected chi connectivity index (χ0v) is 11.5. The number of hydrogen-bond donors (Lipinski definition) is 1. The Morgan fingerprint density at radius 2 is 1.76 bits per heavy atom. The minimum Gasteiger partial charge on any atom is -0.480 e. The SMILES string of the molecule is CC(=O)N1CCC(C(=O)N(CC(=O)O)CC(F)(F)F)CC1. The lowest BCUT2D eigenvalue weighted by Crippen LogP contribution is -2.48. The van der Waals surface area contributed by atoms with Gasteiger partial charge in [0.2, 0.25) is 11.8 Å². The topological polar surface area (TPSA) is 77.9 Å². The molecule has 0 bridgehead atoms. The number of aliphatic carboxylic acids is 1. The lowest BCUT2D eigenvalue weighted by Gasteiger charge is -2.33. The number of piperidine rings is 1. The first-order valence-electron chi connectivity index (χ1n) is 6.43. The van der Waals surface area contributed by atoms with Crippen molar-refractivity contribution < 1.29 is 32.7 Å². The largest absolute Gasteiger partial charge is 0.480 e. The highest BCUT2D eigenvalue weighted by molar-refractivity contribution is 5.83. The molecule has 120 valence electrons. The third-order valence-corrected chi connectivity index (χ3v) is 3.30. The van der Waals surface area contributed by atoms with Crippen molar-refractivity contribution in [2.45, 2.75) is 25.9 Å². The molecule has 2 amide bonds. The van der Waals surface area contributed by atoms with Gasteiger partial charge in [0.1, 0.15) is 13.1 Å². The number of amides is 2. The average Bonchev–Trinajstić information content (AvgIpc) is 2.35. The monoisotopic (exact) mass is 310 g/mol. The molecule has 0 aromatic rings. The Balaban J connectivity index is 2.68. The van der Waals surface area contributed by atoms with Crippen molar-refractivity contribution in [3.8, 4) is 0 Å². The highest BCUT2D eigenvalue weighted by Crippen LogP contribution is 2.23. The number of carbonyl (C=O) groups excluding carboxylic acids is 2. The minimum absolute atomic E-state index is 0.154. The number of hydrogen-bond acceptors (Lipinski definition) is 3. The molecule has 0 radical (unpaired) electrons. The summed E-state index contributed by atoms with van der Waals surface area (Å²) in [5.74, 6) is -3.15. The van der Waals surface area contributed by atoms with E-state index in [4.69, 9.17) is 5.11 Å². The third kappa shape index (κ3) is 5.60. The van der Waals surface area contributed by atoms with E-state index in [1.54, 1.807) is 0 Å². The van der Waals surface area contributed by atoms with Gasteiger partial charge in [-0.15, -0.1) is 0 Å². The maximum Gasteiger partial charge on any atom is 0.406 e. The normalized spacial score (nSPS) is 16.7. The van der Waals surface area contributed by atoms with E-state index >= 15 is 0 Å². The fourth-order valence-electron chi connectivity index (χ4n) is 2.29. The highest BCUT2D eigenvalue weighted by atomic mass is 19.4. The number of likely N-dealkylation sites (tertiary alicyclic amines) is 1. The molecule has 1 heterocycles. The van der Waals surface area contributed by atoms with Crippen LogP contribution in [0.5, 0.6) is 0 Å². The van der Waals surface area contributed by atoms with Crippen molar-refractivity contribution in [3.05, 3.63) is 0 Å². The van der Waals surface area contributed by atoms with E-state index in [0.717, 1.165) is 0 Å². The fraction of sp³-hybridized carbons (Fsp3) is 0.750. The van der Waals surface area contributed by atoms with Crippen LogP contribution in [-0.2, 0) is 14.4 Å². The van der Waals surface area contributed by atoms with Crippen LogP contribution in [0.2, 0.25) is 0 Å². The molecule has 1 aliphatic rings. The van der Waals surface area contributed by atoms with Crippen LogP contribution in [0, 0.1) is 5.92 Å². The van der Waals surface area contributed by atoms with Gasteiger partial charge >= 0.3 is 12.1 Å². The molecule has 1 aliphatic heterocycles. The van der Waals surface area contributed by atoms with E-state index in [9.17, 15) is 27.6 Å². The molecule has 21 heavy (non-hydrogen) atoms. The van der Waals surface area contributed by atoms with Crippen molar-refractivity contribution in [2.75, 3.05) is 26.2 Å². The summed E-state index contributed by atoms with van der Waals surface area (Å²) in [6.07, 6.45) is -4.16. The minimum atomic E-state index is -4.65. The van der Waals surface area contributed by atoms with Crippen molar-refractivity contribution in [1.29, 1.82) is 0 Å². The average molecular weight is 310 g/mol. The molecule has 1 fully saturated rings. The van der Waals surface area contributed by atoms with Crippen LogP contribution in [-0.4, -0.2) is 65.0 Å². The molecule has 9 heteroatoms. The standard InChI is InChI=1S/C12H17F3N2O4/c1-8(18)16-4-2-9(3-5-16)11(21)17(6-10(19)20)7-12(13,14)15/h9H,2-7H2,1H3,(H,19,20). The van der Waals surface area contributed by atoms with E-state index in [1.807, 2.05) is 0 Å². The Bertz CT molecular complexity index is 417. The van der Waals surface area contributed by atoms with Crippen LogP contribution >= 0.6 is 0 Å². The fourth-order valence-corrected chi connectivity index (χ4v) is 2.29. The van der Waals surface area contributed by atoms with E-state index in [-0.39, 0.29) is 18.7 Å². The summed E-state index contributed by atoms with van der Waals surface area (Å²) in [6, 6.07) is 0.